The molecule has 0 aliphatic carbocycles. The molecule has 3 rings (SSSR count). The standard InChI is InChI=1S/C23H30N2O7S2/c1-29-12-9-24-23(26)19-15-18(34(27,28)25-10-13-32-14-11-25)7-8-21(19)33-16-17-5-4-6-20(30-2)22(17)31-3/h4-8,15H,9-14,16H2,1-3H3,(H,24,26). The molecule has 1 heterocycles. The van der Waals surface area contributed by atoms with Gasteiger partial charge in [-0.3, -0.25) is 4.79 Å². The van der Waals surface area contributed by atoms with Gasteiger partial charge in [-0.1, -0.05) is 12.1 Å². The Morgan fingerprint density at radius 1 is 1.12 bits per heavy atom. The molecule has 2 aromatic rings. The molecule has 1 fully saturated rings. The van der Waals surface area contributed by atoms with Gasteiger partial charge >= 0.3 is 0 Å². The van der Waals surface area contributed by atoms with Crippen molar-refractivity contribution in [3.05, 3.63) is 47.5 Å². The molecule has 11 heteroatoms. The van der Waals surface area contributed by atoms with Crippen LogP contribution in [0.2, 0.25) is 0 Å². The minimum atomic E-state index is -3.74. The van der Waals surface area contributed by atoms with Gasteiger partial charge in [-0.25, -0.2) is 8.42 Å². The zero-order valence-corrected chi connectivity index (χ0v) is 21.2. The van der Waals surface area contributed by atoms with Crippen LogP contribution in [0.3, 0.4) is 0 Å². The number of nitrogens with zero attached hydrogens (tertiary/aromatic N) is 1. The number of ether oxygens (including phenoxy) is 4. The number of thioether (sulfide) groups is 1. The molecule has 0 spiro atoms. The Balaban J connectivity index is 1.91. The molecule has 0 atom stereocenters. The Hall–Kier alpha value is -2.31. The van der Waals surface area contributed by atoms with Crippen molar-refractivity contribution >= 4 is 27.7 Å². The molecule has 1 aliphatic heterocycles. The van der Waals surface area contributed by atoms with Gasteiger partial charge in [-0.05, 0) is 24.3 Å². The van der Waals surface area contributed by atoms with Crippen LogP contribution in [-0.4, -0.2) is 79.4 Å². The van der Waals surface area contributed by atoms with E-state index in [0.717, 1.165) is 5.56 Å². The number of methoxy groups -OCH3 is 3. The van der Waals surface area contributed by atoms with Crippen LogP contribution in [0.1, 0.15) is 15.9 Å². The van der Waals surface area contributed by atoms with E-state index in [1.807, 2.05) is 18.2 Å². The summed E-state index contributed by atoms with van der Waals surface area (Å²) in [6, 6.07) is 10.3. The third-order valence-corrected chi connectivity index (χ3v) is 8.28. The third-order valence-electron chi connectivity index (χ3n) is 5.26. The zero-order valence-electron chi connectivity index (χ0n) is 19.5. The lowest BCUT2D eigenvalue weighted by atomic mass is 10.2. The highest BCUT2D eigenvalue weighted by molar-refractivity contribution is 7.98. The number of sulfonamides is 1. The van der Waals surface area contributed by atoms with E-state index in [2.05, 4.69) is 5.32 Å². The summed E-state index contributed by atoms with van der Waals surface area (Å²) in [5, 5.41) is 2.79. The minimum absolute atomic E-state index is 0.0783. The van der Waals surface area contributed by atoms with Crippen LogP contribution in [0.5, 0.6) is 11.5 Å². The SMILES string of the molecule is COCCNC(=O)c1cc(S(=O)(=O)N2CCOCC2)ccc1SCc1cccc(OC)c1OC. The number of para-hydroxylation sites is 1. The van der Waals surface area contributed by atoms with E-state index in [1.54, 1.807) is 33.5 Å². The first kappa shape index (κ1) is 26.3. The molecule has 9 nitrogen and oxygen atoms in total. The normalized spacial score (nSPS) is 14.6. The van der Waals surface area contributed by atoms with Crippen molar-refractivity contribution in [3.63, 3.8) is 0 Å². The van der Waals surface area contributed by atoms with Crippen molar-refractivity contribution in [2.75, 3.05) is 60.8 Å². The minimum Gasteiger partial charge on any atom is -0.493 e. The van der Waals surface area contributed by atoms with E-state index in [1.165, 1.54) is 22.1 Å². The van der Waals surface area contributed by atoms with Crippen molar-refractivity contribution in [3.8, 4) is 11.5 Å². The lowest BCUT2D eigenvalue weighted by molar-refractivity contribution is 0.0730. The molecule has 1 aliphatic rings. The molecule has 0 saturated carbocycles. The summed E-state index contributed by atoms with van der Waals surface area (Å²) in [6.45, 7) is 1.91. The largest absolute Gasteiger partial charge is 0.493 e. The van der Waals surface area contributed by atoms with Crippen LogP contribution in [0, 0.1) is 0 Å². The maximum Gasteiger partial charge on any atom is 0.252 e. The van der Waals surface area contributed by atoms with E-state index < -0.39 is 10.0 Å². The van der Waals surface area contributed by atoms with Gasteiger partial charge in [0.25, 0.3) is 5.91 Å². The number of morpholine rings is 1. The average molecular weight is 511 g/mol. The number of carbonyl (C=O) groups excluding carboxylic acids is 1. The summed E-state index contributed by atoms with van der Waals surface area (Å²) >= 11 is 1.42. The van der Waals surface area contributed by atoms with Gasteiger partial charge in [0.2, 0.25) is 10.0 Å². The Bertz CT molecular complexity index is 1090. The summed E-state index contributed by atoms with van der Waals surface area (Å²) in [6.07, 6.45) is 0. The fourth-order valence-corrected chi connectivity index (χ4v) is 5.94. The van der Waals surface area contributed by atoms with Gasteiger partial charge in [-0.2, -0.15) is 4.31 Å². The van der Waals surface area contributed by atoms with Crippen molar-refractivity contribution in [2.24, 2.45) is 0 Å². The first-order valence-corrected chi connectivity index (χ1v) is 13.2. The summed E-state index contributed by atoms with van der Waals surface area (Å²) in [5.41, 5.74) is 1.18. The van der Waals surface area contributed by atoms with Gasteiger partial charge in [0.05, 0.1) is 44.5 Å². The Kier molecular flexibility index (Phi) is 9.60. The smallest absolute Gasteiger partial charge is 0.252 e. The fraction of sp³-hybridized carbons (Fsp3) is 0.435. The predicted molar refractivity (Wildman–Crippen MR) is 129 cm³/mol. The number of carbonyl (C=O) groups is 1. The van der Waals surface area contributed by atoms with Crippen LogP contribution in [0.25, 0.3) is 0 Å². The van der Waals surface area contributed by atoms with Gasteiger partial charge in [0, 0.05) is 43.0 Å². The molecular weight excluding hydrogens is 480 g/mol. The second kappa shape index (κ2) is 12.4. The van der Waals surface area contributed by atoms with E-state index in [-0.39, 0.29) is 29.5 Å². The zero-order chi connectivity index (χ0) is 24.6. The number of hydrogen-bond acceptors (Lipinski definition) is 8. The highest BCUT2D eigenvalue weighted by atomic mass is 32.2. The van der Waals surface area contributed by atoms with Crippen molar-refractivity contribution in [2.45, 2.75) is 15.5 Å². The molecule has 186 valence electrons. The van der Waals surface area contributed by atoms with Crippen molar-refractivity contribution in [1.29, 1.82) is 0 Å². The highest BCUT2D eigenvalue weighted by Gasteiger charge is 2.28. The molecule has 34 heavy (non-hydrogen) atoms. The predicted octanol–water partition coefficient (Wildman–Crippen LogP) is 2.39. The second-order valence-corrected chi connectivity index (χ2v) is 10.3. The molecule has 0 aromatic heterocycles. The summed E-state index contributed by atoms with van der Waals surface area (Å²) < 4.78 is 48.8. The maximum absolute atomic E-state index is 13.1. The van der Waals surface area contributed by atoms with E-state index >= 15 is 0 Å². The summed E-state index contributed by atoms with van der Waals surface area (Å²) in [5.74, 6) is 1.37. The molecule has 0 bridgehead atoms. The maximum atomic E-state index is 13.1. The quantitative estimate of drug-likeness (QED) is 0.363. The molecule has 0 radical (unpaired) electrons. The number of hydrogen-bond donors (Lipinski definition) is 1. The van der Waals surface area contributed by atoms with Gasteiger partial charge in [0.1, 0.15) is 0 Å². The average Bonchev–Trinajstić information content (AvgIpc) is 2.87. The molecule has 1 N–H and O–H groups in total. The number of rotatable bonds is 11. The monoisotopic (exact) mass is 510 g/mol. The Morgan fingerprint density at radius 3 is 2.56 bits per heavy atom. The van der Waals surface area contributed by atoms with E-state index in [9.17, 15) is 13.2 Å². The fourth-order valence-electron chi connectivity index (χ4n) is 3.49. The van der Waals surface area contributed by atoms with E-state index in [4.69, 9.17) is 18.9 Å². The molecule has 0 unspecified atom stereocenters. The number of benzene rings is 2. The first-order chi connectivity index (χ1) is 16.4. The third kappa shape index (κ3) is 6.22. The van der Waals surface area contributed by atoms with Crippen molar-refractivity contribution in [1.82, 2.24) is 9.62 Å². The molecular formula is C23H30N2O7S2. The van der Waals surface area contributed by atoms with Crippen LogP contribution < -0.4 is 14.8 Å². The lowest BCUT2D eigenvalue weighted by Gasteiger charge is -2.26. The molecule has 2 aromatic carbocycles. The Morgan fingerprint density at radius 2 is 1.88 bits per heavy atom. The van der Waals surface area contributed by atoms with Crippen molar-refractivity contribution < 1.29 is 32.2 Å². The van der Waals surface area contributed by atoms with Crippen LogP contribution in [0.4, 0.5) is 0 Å². The highest BCUT2D eigenvalue weighted by Crippen LogP contribution is 2.36. The van der Waals surface area contributed by atoms with E-state index in [0.29, 0.717) is 48.5 Å². The lowest BCUT2D eigenvalue weighted by Crippen LogP contribution is -2.40. The van der Waals surface area contributed by atoms with Gasteiger partial charge in [0.15, 0.2) is 11.5 Å². The number of amides is 1. The first-order valence-electron chi connectivity index (χ1n) is 10.7. The van der Waals surface area contributed by atoms with Crippen LogP contribution in [-0.2, 0) is 25.2 Å². The second-order valence-electron chi connectivity index (χ2n) is 7.36. The summed E-state index contributed by atoms with van der Waals surface area (Å²) in [7, 11) is 0.952. The molecule has 1 amide bonds. The number of nitrogens with one attached hydrogen (secondary N) is 1. The van der Waals surface area contributed by atoms with Crippen LogP contribution in [0.15, 0.2) is 46.2 Å². The summed E-state index contributed by atoms with van der Waals surface area (Å²) in [4.78, 5) is 13.7. The van der Waals surface area contributed by atoms with Crippen LogP contribution >= 0.6 is 11.8 Å². The topological polar surface area (TPSA) is 103 Å². The Labute approximate surface area is 204 Å². The van der Waals surface area contributed by atoms with Gasteiger partial charge < -0.3 is 24.3 Å². The molecule has 1 saturated heterocycles. The van der Waals surface area contributed by atoms with Gasteiger partial charge in [-0.15, -0.1) is 11.8 Å².